The maximum Gasteiger partial charge on any atom is 0.350 e. The SMILES string of the molecule is CCNC(=NCCCCN1CCN(C)CC1)NC(C)c1nc(C)c(C(=O)OCC)s1.I. The molecule has 2 rings (SSSR count). The summed E-state index contributed by atoms with van der Waals surface area (Å²) in [7, 11) is 2.19. The first kappa shape index (κ1) is 28.1. The van der Waals surface area contributed by atoms with E-state index in [1.165, 1.54) is 37.5 Å². The number of carbonyl (C=O) groups excluding carboxylic acids is 1. The Labute approximate surface area is 208 Å². The summed E-state index contributed by atoms with van der Waals surface area (Å²) in [5, 5.41) is 7.57. The van der Waals surface area contributed by atoms with Gasteiger partial charge in [0.1, 0.15) is 9.88 Å². The number of unbranched alkanes of at least 4 members (excludes halogenated alkanes) is 1. The molecule has 2 heterocycles. The molecule has 1 unspecified atom stereocenters. The van der Waals surface area contributed by atoms with Crippen LogP contribution in [0.1, 0.15) is 60.0 Å². The average Bonchev–Trinajstić information content (AvgIpc) is 3.11. The number of rotatable bonds is 10. The largest absolute Gasteiger partial charge is 0.462 e. The highest BCUT2D eigenvalue weighted by molar-refractivity contribution is 14.0. The van der Waals surface area contributed by atoms with Crippen LogP contribution in [-0.2, 0) is 4.74 Å². The van der Waals surface area contributed by atoms with E-state index in [0.29, 0.717) is 17.2 Å². The fourth-order valence-corrected chi connectivity index (χ4v) is 4.25. The van der Waals surface area contributed by atoms with Crippen molar-refractivity contribution in [2.45, 2.75) is 46.6 Å². The van der Waals surface area contributed by atoms with Crippen LogP contribution in [0.15, 0.2) is 4.99 Å². The highest BCUT2D eigenvalue weighted by Gasteiger charge is 2.20. The van der Waals surface area contributed by atoms with Crippen LogP contribution in [0.4, 0.5) is 0 Å². The van der Waals surface area contributed by atoms with Gasteiger partial charge in [0.05, 0.1) is 18.3 Å². The first-order valence-corrected chi connectivity index (χ1v) is 11.9. The van der Waals surface area contributed by atoms with Gasteiger partial charge in [0.15, 0.2) is 5.96 Å². The van der Waals surface area contributed by atoms with Gasteiger partial charge in [-0.3, -0.25) is 4.99 Å². The highest BCUT2D eigenvalue weighted by Crippen LogP contribution is 2.24. The molecule has 1 fully saturated rings. The van der Waals surface area contributed by atoms with Gasteiger partial charge in [-0.1, -0.05) is 0 Å². The van der Waals surface area contributed by atoms with Crippen LogP contribution in [0, 0.1) is 6.92 Å². The second kappa shape index (κ2) is 15.0. The number of nitrogens with one attached hydrogen (secondary N) is 2. The van der Waals surface area contributed by atoms with Gasteiger partial charge in [0, 0.05) is 39.3 Å². The van der Waals surface area contributed by atoms with Crippen molar-refractivity contribution in [3.05, 3.63) is 15.6 Å². The standard InChI is InChI=1S/C21H38N6O2S.HI/c1-6-22-21(23-10-8-9-11-27-14-12-26(5)13-15-27)25-17(4)19-24-16(3)18(30-19)20(28)29-7-2;/h17H,6-15H2,1-5H3,(H2,22,23,25);1H. The molecule has 31 heavy (non-hydrogen) atoms. The maximum absolute atomic E-state index is 12.0. The van der Waals surface area contributed by atoms with Crippen molar-refractivity contribution in [1.29, 1.82) is 0 Å². The number of carbonyl (C=O) groups is 1. The zero-order chi connectivity index (χ0) is 21.9. The molecule has 0 amide bonds. The van der Waals surface area contributed by atoms with E-state index < -0.39 is 0 Å². The van der Waals surface area contributed by atoms with E-state index in [2.05, 4.69) is 39.4 Å². The summed E-state index contributed by atoms with van der Waals surface area (Å²) in [6.07, 6.45) is 2.23. The van der Waals surface area contributed by atoms with Crippen molar-refractivity contribution in [1.82, 2.24) is 25.4 Å². The van der Waals surface area contributed by atoms with Crippen LogP contribution in [0.3, 0.4) is 0 Å². The number of likely N-dealkylation sites (N-methyl/N-ethyl adjacent to an activating group) is 1. The van der Waals surface area contributed by atoms with E-state index in [-0.39, 0.29) is 36.0 Å². The molecule has 1 aromatic heterocycles. The van der Waals surface area contributed by atoms with Crippen molar-refractivity contribution in [3.63, 3.8) is 0 Å². The van der Waals surface area contributed by atoms with Crippen LogP contribution in [-0.4, -0.2) is 86.2 Å². The molecule has 0 radical (unpaired) electrons. The zero-order valence-corrected chi connectivity index (χ0v) is 22.7. The summed E-state index contributed by atoms with van der Waals surface area (Å²) in [5.41, 5.74) is 0.716. The lowest BCUT2D eigenvalue weighted by Crippen LogP contribution is -2.44. The first-order chi connectivity index (χ1) is 14.4. The summed E-state index contributed by atoms with van der Waals surface area (Å²) in [6.45, 7) is 15.5. The number of piperazine rings is 1. The number of aryl methyl sites for hydroxylation is 1. The van der Waals surface area contributed by atoms with Crippen LogP contribution in [0.2, 0.25) is 0 Å². The minimum absolute atomic E-state index is 0. The number of halogens is 1. The molecule has 178 valence electrons. The Kier molecular flexibility index (Phi) is 13.5. The lowest BCUT2D eigenvalue weighted by atomic mass is 10.2. The molecule has 1 saturated heterocycles. The van der Waals surface area contributed by atoms with Crippen LogP contribution >= 0.6 is 35.3 Å². The number of thiazole rings is 1. The Hall–Kier alpha value is -0.980. The van der Waals surface area contributed by atoms with E-state index in [0.717, 1.165) is 43.4 Å². The lowest BCUT2D eigenvalue weighted by molar-refractivity contribution is 0.0531. The Bertz CT molecular complexity index is 691. The molecule has 1 aliphatic rings. The van der Waals surface area contributed by atoms with Crippen LogP contribution < -0.4 is 10.6 Å². The van der Waals surface area contributed by atoms with Gasteiger partial charge >= 0.3 is 5.97 Å². The number of aliphatic imine (C=N–C) groups is 1. The van der Waals surface area contributed by atoms with Gasteiger partial charge < -0.3 is 25.2 Å². The quantitative estimate of drug-likeness (QED) is 0.148. The lowest BCUT2D eigenvalue weighted by Gasteiger charge is -2.32. The molecule has 0 spiro atoms. The minimum Gasteiger partial charge on any atom is -0.462 e. The number of esters is 1. The molecule has 10 heteroatoms. The molecular weight excluding hydrogens is 527 g/mol. The van der Waals surface area contributed by atoms with Crippen molar-refractivity contribution in [2.75, 3.05) is 59.5 Å². The van der Waals surface area contributed by atoms with Crippen molar-refractivity contribution < 1.29 is 9.53 Å². The Morgan fingerprint density at radius 1 is 1.26 bits per heavy atom. The van der Waals surface area contributed by atoms with E-state index in [1.807, 2.05) is 20.8 Å². The number of ether oxygens (including phenoxy) is 1. The Morgan fingerprint density at radius 3 is 2.61 bits per heavy atom. The zero-order valence-electron chi connectivity index (χ0n) is 19.6. The predicted molar refractivity (Wildman–Crippen MR) is 139 cm³/mol. The smallest absolute Gasteiger partial charge is 0.350 e. The predicted octanol–water partition coefficient (Wildman–Crippen LogP) is 2.89. The normalized spacial score (nSPS) is 16.5. The summed E-state index contributed by atoms with van der Waals surface area (Å²) in [6, 6.07) is -0.0417. The van der Waals surface area contributed by atoms with E-state index in [9.17, 15) is 4.79 Å². The second-order valence-electron chi connectivity index (χ2n) is 7.67. The molecule has 2 N–H and O–H groups in total. The molecule has 0 aromatic carbocycles. The number of nitrogens with zero attached hydrogens (tertiary/aromatic N) is 4. The monoisotopic (exact) mass is 566 g/mol. The van der Waals surface area contributed by atoms with E-state index in [4.69, 9.17) is 9.73 Å². The average molecular weight is 567 g/mol. The van der Waals surface area contributed by atoms with Gasteiger partial charge in [0.2, 0.25) is 0 Å². The highest BCUT2D eigenvalue weighted by atomic mass is 127. The molecule has 1 aliphatic heterocycles. The van der Waals surface area contributed by atoms with Gasteiger partial charge in [0.25, 0.3) is 0 Å². The fourth-order valence-electron chi connectivity index (χ4n) is 3.28. The van der Waals surface area contributed by atoms with E-state index in [1.54, 1.807) is 0 Å². The minimum atomic E-state index is -0.299. The molecule has 0 bridgehead atoms. The molecule has 8 nitrogen and oxygen atoms in total. The number of guanidine groups is 1. The van der Waals surface area contributed by atoms with Crippen molar-refractivity contribution in [3.8, 4) is 0 Å². The van der Waals surface area contributed by atoms with Crippen molar-refractivity contribution >= 4 is 47.2 Å². The third kappa shape index (κ3) is 9.58. The van der Waals surface area contributed by atoms with E-state index >= 15 is 0 Å². The fraction of sp³-hybridized carbons (Fsp3) is 0.762. The second-order valence-corrected chi connectivity index (χ2v) is 8.70. The van der Waals surface area contributed by atoms with Gasteiger partial charge in [-0.05, 0) is 54.1 Å². The summed E-state index contributed by atoms with van der Waals surface area (Å²) >= 11 is 1.38. The summed E-state index contributed by atoms with van der Waals surface area (Å²) in [4.78, 5) is 26.8. The number of aromatic nitrogens is 1. The van der Waals surface area contributed by atoms with Crippen LogP contribution in [0.25, 0.3) is 0 Å². The first-order valence-electron chi connectivity index (χ1n) is 11.0. The molecule has 1 aromatic rings. The molecule has 0 saturated carbocycles. The maximum atomic E-state index is 12.0. The number of hydrogen-bond donors (Lipinski definition) is 2. The third-order valence-corrected chi connectivity index (χ3v) is 6.41. The van der Waals surface area contributed by atoms with Gasteiger partial charge in [-0.2, -0.15) is 0 Å². The Morgan fingerprint density at radius 2 is 1.97 bits per heavy atom. The number of hydrogen-bond acceptors (Lipinski definition) is 7. The Balaban J connectivity index is 0.00000480. The molecular formula is C21H39IN6O2S. The van der Waals surface area contributed by atoms with Gasteiger partial charge in [-0.25, -0.2) is 9.78 Å². The molecule has 0 aliphatic carbocycles. The van der Waals surface area contributed by atoms with Gasteiger partial charge in [-0.15, -0.1) is 35.3 Å². The molecule has 1 atom stereocenters. The summed E-state index contributed by atoms with van der Waals surface area (Å²) in [5.74, 6) is 0.488. The van der Waals surface area contributed by atoms with Crippen molar-refractivity contribution in [2.24, 2.45) is 4.99 Å². The van der Waals surface area contributed by atoms with Crippen LogP contribution in [0.5, 0.6) is 0 Å². The third-order valence-electron chi connectivity index (χ3n) is 5.09. The topological polar surface area (TPSA) is 82.1 Å². The summed E-state index contributed by atoms with van der Waals surface area (Å²) < 4.78 is 5.12.